The maximum atomic E-state index is 2.70. The Kier molecular flexibility index (Phi) is 5.08. The molecule has 1 unspecified atom stereocenters. The molecule has 0 radical (unpaired) electrons. The highest BCUT2D eigenvalue weighted by Crippen LogP contribution is 2.32. The molecule has 2 rings (SSSR count). The lowest BCUT2D eigenvalue weighted by Crippen LogP contribution is -2.45. The Morgan fingerprint density at radius 2 is 1.33 bits per heavy atom. The summed E-state index contributed by atoms with van der Waals surface area (Å²) in [6, 6.07) is 1.48. The summed E-state index contributed by atoms with van der Waals surface area (Å²) in [5, 5.41) is 0. The molecule has 2 aliphatic heterocycles. The maximum absolute atomic E-state index is 2.70. The van der Waals surface area contributed by atoms with Gasteiger partial charge in [0.25, 0.3) is 0 Å². The van der Waals surface area contributed by atoms with E-state index in [1.165, 1.54) is 51.9 Å². The standard InChI is InChI=1S/C16H32N2/c1-13(2)17-10-7-15(8-11-17)16-6-5-9-18(12-16)14(3)4/h13-16H,5-12H2,1-4H3. The Hall–Kier alpha value is -0.0800. The fourth-order valence-electron chi connectivity index (χ4n) is 3.80. The van der Waals surface area contributed by atoms with Crippen molar-refractivity contribution >= 4 is 0 Å². The first kappa shape index (κ1) is 14.3. The zero-order chi connectivity index (χ0) is 13.1. The third-order valence-electron chi connectivity index (χ3n) is 5.19. The van der Waals surface area contributed by atoms with E-state index in [0.717, 1.165) is 23.9 Å². The molecule has 2 aliphatic rings. The van der Waals surface area contributed by atoms with Crippen LogP contribution in [-0.2, 0) is 0 Å². The summed E-state index contributed by atoms with van der Waals surface area (Å²) in [4.78, 5) is 5.35. The van der Waals surface area contributed by atoms with Crippen LogP contribution in [0.15, 0.2) is 0 Å². The average molecular weight is 252 g/mol. The van der Waals surface area contributed by atoms with E-state index in [1.807, 2.05) is 0 Å². The number of rotatable bonds is 3. The molecule has 1 atom stereocenters. The zero-order valence-electron chi connectivity index (χ0n) is 12.9. The van der Waals surface area contributed by atoms with Crippen molar-refractivity contribution in [1.29, 1.82) is 0 Å². The van der Waals surface area contributed by atoms with E-state index in [1.54, 1.807) is 0 Å². The fraction of sp³-hybridized carbons (Fsp3) is 1.00. The highest BCUT2D eigenvalue weighted by atomic mass is 15.2. The third-order valence-corrected chi connectivity index (χ3v) is 5.19. The number of hydrogen-bond acceptors (Lipinski definition) is 2. The Morgan fingerprint density at radius 3 is 1.89 bits per heavy atom. The second-order valence-electron chi connectivity index (χ2n) is 6.96. The van der Waals surface area contributed by atoms with Crippen molar-refractivity contribution in [2.24, 2.45) is 11.8 Å². The van der Waals surface area contributed by atoms with E-state index < -0.39 is 0 Å². The highest BCUT2D eigenvalue weighted by Gasteiger charge is 2.31. The van der Waals surface area contributed by atoms with Crippen molar-refractivity contribution in [3.63, 3.8) is 0 Å². The van der Waals surface area contributed by atoms with Crippen molar-refractivity contribution in [3.05, 3.63) is 0 Å². The van der Waals surface area contributed by atoms with Gasteiger partial charge in [-0.05, 0) is 84.8 Å². The van der Waals surface area contributed by atoms with Crippen molar-refractivity contribution in [2.45, 2.75) is 65.5 Å². The Balaban J connectivity index is 1.82. The SMILES string of the molecule is CC(C)N1CCC(C2CCCN(C(C)C)C2)CC1. The number of hydrogen-bond donors (Lipinski definition) is 0. The molecule has 106 valence electrons. The van der Waals surface area contributed by atoms with Crippen LogP contribution in [0.5, 0.6) is 0 Å². The van der Waals surface area contributed by atoms with Crippen LogP contribution in [0.3, 0.4) is 0 Å². The van der Waals surface area contributed by atoms with Gasteiger partial charge in [0.05, 0.1) is 0 Å². The molecule has 18 heavy (non-hydrogen) atoms. The molecular formula is C16H32N2. The molecule has 0 aromatic heterocycles. The largest absolute Gasteiger partial charge is 0.301 e. The van der Waals surface area contributed by atoms with Gasteiger partial charge in [0.15, 0.2) is 0 Å². The monoisotopic (exact) mass is 252 g/mol. The first-order chi connectivity index (χ1) is 8.58. The van der Waals surface area contributed by atoms with Gasteiger partial charge in [-0.3, -0.25) is 0 Å². The molecular weight excluding hydrogens is 220 g/mol. The van der Waals surface area contributed by atoms with Crippen LogP contribution in [0.2, 0.25) is 0 Å². The van der Waals surface area contributed by atoms with Crippen LogP contribution in [0.1, 0.15) is 53.4 Å². The molecule has 0 bridgehead atoms. The van der Waals surface area contributed by atoms with Gasteiger partial charge >= 0.3 is 0 Å². The van der Waals surface area contributed by atoms with Crippen LogP contribution in [0, 0.1) is 11.8 Å². The lowest BCUT2D eigenvalue weighted by atomic mass is 9.79. The summed E-state index contributed by atoms with van der Waals surface area (Å²) in [5.74, 6) is 1.98. The van der Waals surface area contributed by atoms with E-state index in [-0.39, 0.29) is 0 Å². The summed E-state index contributed by atoms with van der Waals surface area (Å²) in [5.41, 5.74) is 0. The fourth-order valence-corrected chi connectivity index (χ4v) is 3.80. The van der Waals surface area contributed by atoms with Gasteiger partial charge in [0.1, 0.15) is 0 Å². The van der Waals surface area contributed by atoms with Gasteiger partial charge in [-0.2, -0.15) is 0 Å². The number of nitrogens with zero attached hydrogens (tertiary/aromatic N) is 2. The lowest BCUT2D eigenvalue weighted by molar-refractivity contribution is 0.0644. The van der Waals surface area contributed by atoms with Gasteiger partial charge in [0.2, 0.25) is 0 Å². The molecule has 0 aliphatic carbocycles. The van der Waals surface area contributed by atoms with Gasteiger partial charge in [-0.25, -0.2) is 0 Å². The molecule has 2 fully saturated rings. The summed E-state index contributed by atoms with van der Waals surface area (Å²) >= 11 is 0. The van der Waals surface area contributed by atoms with Crippen LogP contribution in [0.4, 0.5) is 0 Å². The second kappa shape index (κ2) is 6.38. The quantitative estimate of drug-likeness (QED) is 0.761. The Labute approximate surface area is 114 Å². The van der Waals surface area contributed by atoms with Crippen LogP contribution in [0.25, 0.3) is 0 Å². The van der Waals surface area contributed by atoms with Gasteiger partial charge in [0, 0.05) is 18.6 Å². The number of likely N-dealkylation sites (tertiary alicyclic amines) is 2. The minimum Gasteiger partial charge on any atom is -0.301 e. The van der Waals surface area contributed by atoms with Crippen molar-refractivity contribution < 1.29 is 0 Å². The molecule has 0 aromatic carbocycles. The predicted octanol–water partition coefficient (Wildman–Crippen LogP) is 3.23. The summed E-state index contributed by atoms with van der Waals surface area (Å²) in [7, 11) is 0. The predicted molar refractivity (Wildman–Crippen MR) is 78.9 cm³/mol. The Bertz CT molecular complexity index is 241. The van der Waals surface area contributed by atoms with Crippen molar-refractivity contribution in [1.82, 2.24) is 9.80 Å². The molecule has 2 heteroatoms. The molecule has 0 spiro atoms. The molecule has 2 heterocycles. The number of piperidine rings is 2. The topological polar surface area (TPSA) is 6.48 Å². The summed E-state index contributed by atoms with van der Waals surface area (Å²) in [6.07, 6.45) is 5.78. The van der Waals surface area contributed by atoms with Crippen LogP contribution in [-0.4, -0.2) is 48.1 Å². The van der Waals surface area contributed by atoms with Gasteiger partial charge < -0.3 is 9.80 Å². The normalized spacial score (nSPS) is 29.3. The van der Waals surface area contributed by atoms with Gasteiger partial charge in [-0.1, -0.05) is 0 Å². The van der Waals surface area contributed by atoms with Gasteiger partial charge in [-0.15, -0.1) is 0 Å². The molecule has 0 aromatic rings. The van der Waals surface area contributed by atoms with E-state index in [0.29, 0.717) is 0 Å². The molecule has 2 saturated heterocycles. The smallest absolute Gasteiger partial charge is 0.00387 e. The first-order valence-electron chi connectivity index (χ1n) is 8.06. The summed E-state index contributed by atoms with van der Waals surface area (Å²) in [6.45, 7) is 14.7. The third kappa shape index (κ3) is 3.48. The average Bonchev–Trinajstić information content (AvgIpc) is 2.39. The maximum Gasteiger partial charge on any atom is 0.00387 e. The van der Waals surface area contributed by atoms with Crippen LogP contribution < -0.4 is 0 Å². The van der Waals surface area contributed by atoms with Crippen LogP contribution >= 0.6 is 0 Å². The van der Waals surface area contributed by atoms with E-state index in [2.05, 4.69) is 37.5 Å². The van der Waals surface area contributed by atoms with E-state index in [9.17, 15) is 0 Å². The van der Waals surface area contributed by atoms with E-state index in [4.69, 9.17) is 0 Å². The molecule has 2 nitrogen and oxygen atoms in total. The highest BCUT2D eigenvalue weighted by molar-refractivity contribution is 4.84. The first-order valence-corrected chi connectivity index (χ1v) is 8.06. The second-order valence-corrected chi connectivity index (χ2v) is 6.96. The van der Waals surface area contributed by atoms with Crippen molar-refractivity contribution in [2.75, 3.05) is 26.2 Å². The molecule has 0 amide bonds. The van der Waals surface area contributed by atoms with E-state index >= 15 is 0 Å². The Morgan fingerprint density at radius 1 is 0.722 bits per heavy atom. The minimum atomic E-state index is 0.739. The van der Waals surface area contributed by atoms with Crippen molar-refractivity contribution in [3.8, 4) is 0 Å². The lowest BCUT2D eigenvalue weighted by Gasteiger charge is -2.43. The summed E-state index contributed by atoms with van der Waals surface area (Å²) < 4.78 is 0. The molecule has 0 N–H and O–H groups in total. The minimum absolute atomic E-state index is 0.739. The molecule has 0 saturated carbocycles. The zero-order valence-corrected chi connectivity index (χ0v) is 12.9.